The van der Waals surface area contributed by atoms with E-state index >= 15 is 0 Å². The van der Waals surface area contributed by atoms with E-state index in [4.69, 9.17) is 0 Å². The van der Waals surface area contributed by atoms with Crippen molar-refractivity contribution < 1.29 is 5.11 Å². The molecule has 1 aromatic heterocycles. The Morgan fingerprint density at radius 2 is 2.25 bits per heavy atom. The second-order valence-electron chi connectivity index (χ2n) is 4.86. The summed E-state index contributed by atoms with van der Waals surface area (Å²) in [7, 11) is 2.02. The van der Waals surface area contributed by atoms with Crippen molar-refractivity contribution in [2.45, 2.75) is 25.7 Å². The van der Waals surface area contributed by atoms with Crippen LogP contribution >= 0.6 is 0 Å². The highest BCUT2D eigenvalue weighted by Gasteiger charge is 2.31. The molecule has 2 rings (SSSR count). The van der Waals surface area contributed by atoms with Crippen LogP contribution in [0.4, 0.5) is 0 Å². The van der Waals surface area contributed by atoms with Gasteiger partial charge in [0.25, 0.3) is 0 Å². The molecule has 0 bridgehead atoms. The third-order valence-corrected chi connectivity index (χ3v) is 3.80. The lowest BCUT2D eigenvalue weighted by atomic mass is 9.76. The van der Waals surface area contributed by atoms with Crippen LogP contribution in [0.1, 0.15) is 25.1 Å². The summed E-state index contributed by atoms with van der Waals surface area (Å²) in [4.78, 5) is 4.33. The molecule has 0 unspecified atom stereocenters. The predicted molar refractivity (Wildman–Crippen MR) is 63.2 cm³/mol. The molecule has 4 nitrogen and oxygen atoms in total. The van der Waals surface area contributed by atoms with Gasteiger partial charge in [-0.1, -0.05) is 0 Å². The third kappa shape index (κ3) is 2.44. The number of rotatable bonds is 4. The van der Waals surface area contributed by atoms with Gasteiger partial charge in [-0.25, -0.2) is 4.98 Å². The number of imidazole rings is 1. The number of nitrogens with one attached hydrogen (secondary N) is 1. The number of aromatic nitrogens is 2. The monoisotopic (exact) mass is 223 g/mol. The zero-order valence-electron chi connectivity index (χ0n) is 9.95. The summed E-state index contributed by atoms with van der Waals surface area (Å²) >= 11 is 0. The van der Waals surface area contributed by atoms with E-state index in [2.05, 4.69) is 14.9 Å². The van der Waals surface area contributed by atoms with Gasteiger partial charge in [0.15, 0.2) is 0 Å². The van der Waals surface area contributed by atoms with Gasteiger partial charge in [-0.3, -0.25) is 0 Å². The molecular weight excluding hydrogens is 202 g/mol. The SMILES string of the molecule is Cn1ccnc1CCC1(CO)CCNCC1. The Balaban J connectivity index is 1.94. The van der Waals surface area contributed by atoms with Crippen molar-refractivity contribution in [3.63, 3.8) is 0 Å². The topological polar surface area (TPSA) is 50.1 Å². The zero-order valence-corrected chi connectivity index (χ0v) is 9.95. The maximum Gasteiger partial charge on any atom is 0.108 e. The van der Waals surface area contributed by atoms with E-state index in [1.54, 1.807) is 0 Å². The van der Waals surface area contributed by atoms with Crippen LogP contribution in [0, 0.1) is 5.41 Å². The summed E-state index contributed by atoms with van der Waals surface area (Å²) in [5, 5.41) is 12.9. The molecule has 0 aromatic carbocycles. The van der Waals surface area contributed by atoms with E-state index in [9.17, 15) is 5.11 Å². The molecule has 0 spiro atoms. The minimum Gasteiger partial charge on any atom is -0.396 e. The van der Waals surface area contributed by atoms with Crippen LogP contribution < -0.4 is 5.32 Å². The Morgan fingerprint density at radius 3 is 2.81 bits per heavy atom. The van der Waals surface area contributed by atoms with Crippen molar-refractivity contribution in [3.05, 3.63) is 18.2 Å². The van der Waals surface area contributed by atoms with Crippen LogP contribution in [-0.2, 0) is 13.5 Å². The second-order valence-corrected chi connectivity index (χ2v) is 4.86. The highest BCUT2D eigenvalue weighted by Crippen LogP contribution is 2.33. The molecule has 1 aliphatic heterocycles. The first-order valence-corrected chi connectivity index (χ1v) is 6.04. The van der Waals surface area contributed by atoms with Crippen LogP contribution in [0.15, 0.2) is 12.4 Å². The van der Waals surface area contributed by atoms with Gasteiger partial charge in [0.05, 0.1) is 0 Å². The largest absolute Gasteiger partial charge is 0.396 e. The Bertz CT molecular complexity index is 329. The maximum absolute atomic E-state index is 9.58. The van der Waals surface area contributed by atoms with Gasteiger partial charge in [-0.15, -0.1) is 0 Å². The molecule has 4 heteroatoms. The lowest BCUT2D eigenvalue weighted by Crippen LogP contribution is -2.39. The molecule has 2 heterocycles. The van der Waals surface area contributed by atoms with Gasteiger partial charge in [0.1, 0.15) is 5.82 Å². The van der Waals surface area contributed by atoms with E-state index in [0.717, 1.165) is 44.6 Å². The summed E-state index contributed by atoms with van der Waals surface area (Å²) < 4.78 is 2.06. The number of nitrogens with zero attached hydrogens (tertiary/aromatic N) is 2. The summed E-state index contributed by atoms with van der Waals surface area (Å²) in [6.07, 6.45) is 7.97. The van der Waals surface area contributed by atoms with Crippen molar-refractivity contribution in [2.24, 2.45) is 12.5 Å². The fourth-order valence-electron chi connectivity index (χ4n) is 2.46. The minimum atomic E-state index is 0.122. The summed E-state index contributed by atoms with van der Waals surface area (Å²) in [5.74, 6) is 1.12. The number of aliphatic hydroxyl groups is 1. The molecule has 0 saturated carbocycles. The molecule has 1 aromatic rings. The fraction of sp³-hybridized carbons (Fsp3) is 0.750. The van der Waals surface area contributed by atoms with Crippen molar-refractivity contribution in [1.82, 2.24) is 14.9 Å². The standard InChI is InChI=1S/C12H21N3O/c1-15-9-8-14-11(15)2-3-12(10-16)4-6-13-7-5-12/h8-9,13,16H,2-7,10H2,1H3. The lowest BCUT2D eigenvalue weighted by Gasteiger charge is -2.36. The van der Waals surface area contributed by atoms with E-state index in [1.807, 2.05) is 19.4 Å². The van der Waals surface area contributed by atoms with Crippen molar-refractivity contribution in [2.75, 3.05) is 19.7 Å². The summed E-state index contributed by atoms with van der Waals surface area (Å²) in [5.41, 5.74) is 0.122. The number of aliphatic hydroxyl groups excluding tert-OH is 1. The van der Waals surface area contributed by atoms with E-state index in [1.165, 1.54) is 0 Å². The molecule has 1 aliphatic rings. The molecule has 1 saturated heterocycles. The first kappa shape index (κ1) is 11.6. The molecule has 0 aliphatic carbocycles. The van der Waals surface area contributed by atoms with Gasteiger partial charge < -0.3 is 15.0 Å². The Morgan fingerprint density at radius 1 is 1.50 bits per heavy atom. The van der Waals surface area contributed by atoms with Crippen molar-refractivity contribution >= 4 is 0 Å². The number of piperidine rings is 1. The molecule has 0 radical (unpaired) electrons. The van der Waals surface area contributed by atoms with Crippen molar-refractivity contribution in [1.29, 1.82) is 0 Å². The van der Waals surface area contributed by atoms with E-state index in [-0.39, 0.29) is 5.41 Å². The first-order valence-electron chi connectivity index (χ1n) is 6.04. The Hall–Kier alpha value is -0.870. The average Bonchev–Trinajstić information content (AvgIpc) is 2.74. The predicted octanol–water partition coefficient (Wildman–Crippen LogP) is 0.715. The minimum absolute atomic E-state index is 0.122. The molecule has 2 N–H and O–H groups in total. The van der Waals surface area contributed by atoms with E-state index in [0.29, 0.717) is 6.61 Å². The van der Waals surface area contributed by atoms with Gasteiger partial charge in [-0.2, -0.15) is 0 Å². The highest BCUT2D eigenvalue weighted by atomic mass is 16.3. The Kier molecular flexibility index (Phi) is 3.61. The third-order valence-electron chi connectivity index (χ3n) is 3.80. The molecule has 1 fully saturated rings. The molecule has 0 atom stereocenters. The van der Waals surface area contributed by atoms with Gasteiger partial charge in [-0.05, 0) is 37.8 Å². The van der Waals surface area contributed by atoms with Gasteiger partial charge >= 0.3 is 0 Å². The molecule has 90 valence electrons. The molecule has 16 heavy (non-hydrogen) atoms. The van der Waals surface area contributed by atoms with E-state index < -0.39 is 0 Å². The fourth-order valence-corrected chi connectivity index (χ4v) is 2.46. The van der Waals surface area contributed by atoms with Gasteiger partial charge in [0.2, 0.25) is 0 Å². The number of aryl methyl sites for hydroxylation is 2. The zero-order chi connectivity index (χ0) is 11.4. The van der Waals surface area contributed by atoms with Crippen molar-refractivity contribution in [3.8, 4) is 0 Å². The smallest absolute Gasteiger partial charge is 0.108 e. The highest BCUT2D eigenvalue weighted by molar-refractivity contribution is 4.94. The Labute approximate surface area is 96.7 Å². The maximum atomic E-state index is 9.58. The quantitative estimate of drug-likeness (QED) is 0.790. The number of hydrogen-bond donors (Lipinski definition) is 2. The molecular formula is C12H21N3O. The lowest BCUT2D eigenvalue weighted by molar-refractivity contribution is 0.0799. The van der Waals surface area contributed by atoms with Gasteiger partial charge in [0, 0.05) is 32.5 Å². The summed E-state index contributed by atoms with van der Waals surface area (Å²) in [6, 6.07) is 0. The molecule has 0 amide bonds. The van der Waals surface area contributed by atoms with Crippen LogP contribution in [0.5, 0.6) is 0 Å². The first-order chi connectivity index (χ1) is 7.76. The van der Waals surface area contributed by atoms with Crippen LogP contribution in [0.2, 0.25) is 0 Å². The number of hydrogen-bond acceptors (Lipinski definition) is 3. The van der Waals surface area contributed by atoms with Crippen LogP contribution in [-0.4, -0.2) is 34.4 Å². The average molecular weight is 223 g/mol. The van der Waals surface area contributed by atoms with Crippen LogP contribution in [0.3, 0.4) is 0 Å². The normalized spacial score (nSPS) is 19.9. The summed E-state index contributed by atoms with van der Waals surface area (Å²) in [6.45, 7) is 2.36. The second kappa shape index (κ2) is 4.97. The van der Waals surface area contributed by atoms with Crippen LogP contribution in [0.25, 0.3) is 0 Å².